The van der Waals surface area contributed by atoms with Crippen LogP contribution < -0.4 is 4.90 Å². The van der Waals surface area contributed by atoms with Crippen molar-refractivity contribution < 1.29 is 4.42 Å². The average molecular weight is 243 g/mol. The van der Waals surface area contributed by atoms with Crippen molar-refractivity contribution in [2.75, 3.05) is 31.1 Å². The van der Waals surface area contributed by atoms with Crippen molar-refractivity contribution in [1.82, 2.24) is 9.88 Å². The van der Waals surface area contributed by atoms with E-state index in [2.05, 4.69) is 14.8 Å². The molecule has 0 aliphatic carbocycles. The summed E-state index contributed by atoms with van der Waals surface area (Å²) in [5.41, 5.74) is 0.934. The highest BCUT2D eigenvalue weighted by Crippen LogP contribution is 2.29. The zero-order chi connectivity index (χ0) is 11.9. The lowest BCUT2D eigenvalue weighted by molar-refractivity contribution is 0.230. The second-order valence-electron chi connectivity index (χ2n) is 5.25. The Morgan fingerprint density at radius 2 is 2.22 bits per heavy atom. The van der Waals surface area contributed by atoms with Gasteiger partial charge in [-0.15, -0.1) is 0 Å². The van der Waals surface area contributed by atoms with Gasteiger partial charge in [-0.25, -0.2) is 4.98 Å². The normalized spacial score (nSPS) is 24.7. The summed E-state index contributed by atoms with van der Waals surface area (Å²) >= 11 is 0. The first-order valence-corrected chi connectivity index (χ1v) is 6.73. The van der Waals surface area contributed by atoms with E-state index >= 15 is 0 Å². The zero-order valence-electron chi connectivity index (χ0n) is 10.4. The van der Waals surface area contributed by atoms with Crippen LogP contribution in [-0.2, 0) is 0 Å². The van der Waals surface area contributed by atoms with Crippen LogP contribution in [0.15, 0.2) is 29.0 Å². The second-order valence-corrected chi connectivity index (χ2v) is 5.25. The molecule has 2 saturated heterocycles. The first kappa shape index (κ1) is 10.4. The second kappa shape index (κ2) is 3.99. The summed E-state index contributed by atoms with van der Waals surface area (Å²) in [4.78, 5) is 9.53. The van der Waals surface area contributed by atoms with Crippen LogP contribution in [0.2, 0.25) is 0 Å². The fourth-order valence-electron chi connectivity index (χ4n) is 3.29. The van der Waals surface area contributed by atoms with Crippen molar-refractivity contribution in [2.24, 2.45) is 0 Å². The molecule has 1 atom stereocenters. The largest absolute Gasteiger partial charge is 0.460 e. The fraction of sp³-hybridized carbons (Fsp3) is 0.500. The monoisotopic (exact) mass is 243 g/mol. The number of aromatic nitrogens is 1. The summed E-state index contributed by atoms with van der Waals surface area (Å²) in [7, 11) is 0. The molecular weight excluding hydrogens is 226 g/mol. The number of fused-ring (bicyclic) bond motifs is 2. The highest BCUT2D eigenvalue weighted by atomic mass is 16.3. The number of rotatable bonds is 1. The Kier molecular flexibility index (Phi) is 2.30. The molecule has 0 amide bonds. The summed E-state index contributed by atoms with van der Waals surface area (Å²) in [6.07, 6.45) is 6.30. The third-order valence-corrected chi connectivity index (χ3v) is 4.24. The smallest absolute Gasteiger partial charge is 0.176 e. The van der Waals surface area contributed by atoms with Crippen LogP contribution in [0, 0.1) is 0 Å². The van der Waals surface area contributed by atoms with Gasteiger partial charge in [0.15, 0.2) is 11.4 Å². The molecule has 0 unspecified atom stereocenters. The molecule has 2 fully saturated rings. The molecule has 0 spiro atoms. The maximum absolute atomic E-state index is 5.60. The van der Waals surface area contributed by atoms with E-state index in [1.807, 2.05) is 18.3 Å². The fourth-order valence-corrected chi connectivity index (χ4v) is 3.29. The highest BCUT2D eigenvalue weighted by Gasteiger charge is 2.31. The number of hydrogen-bond acceptors (Lipinski definition) is 4. The number of pyridine rings is 1. The van der Waals surface area contributed by atoms with Crippen molar-refractivity contribution in [3.8, 4) is 0 Å². The van der Waals surface area contributed by atoms with Crippen LogP contribution in [0.5, 0.6) is 0 Å². The molecule has 4 heterocycles. The quantitative estimate of drug-likeness (QED) is 0.768. The van der Waals surface area contributed by atoms with Crippen LogP contribution in [0.1, 0.15) is 12.8 Å². The van der Waals surface area contributed by atoms with Crippen molar-refractivity contribution in [3.63, 3.8) is 0 Å². The molecule has 0 bridgehead atoms. The minimum absolute atomic E-state index is 0.714. The molecule has 0 saturated carbocycles. The molecule has 4 heteroatoms. The molecule has 2 aromatic rings. The lowest BCUT2D eigenvalue weighted by atomic mass is 10.1. The Hall–Kier alpha value is -1.55. The summed E-state index contributed by atoms with van der Waals surface area (Å²) < 4.78 is 5.60. The maximum atomic E-state index is 5.60. The molecule has 4 rings (SSSR count). The molecule has 2 aliphatic heterocycles. The molecular formula is C14H17N3O. The van der Waals surface area contributed by atoms with Gasteiger partial charge in [-0.05, 0) is 31.5 Å². The number of hydrogen-bond donors (Lipinski definition) is 0. The van der Waals surface area contributed by atoms with Crippen LogP contribution in [0.25, 0.3) is 11.0 Å². The number of furan rings is 1. The maximum Gasteiger partial charge on any atom is 0.176 e. The SMILES string of the molecule is c1cc2ccoc2c(N2CCN3CCC[C@H]3C2)n1. The molecule has 0 aromatic carbocycles. The number of nitrogens with zero attached hydrogens (tertiary/aromatic N) is 3. The van der Waals surface area contributed by atoms with Gasteiger partial charge in [0, 0.05) is 37.3 Å². The van der Waals surface area contributed by atoms with Gasteiger partial charge in [-0.3, -0.25) is 4.90 Å². The summed E-state index contributed by atoms with van der Waals surface area (Å²) in [6.45, 7) is 4.58. The van der Waals surface area contributed by atoms with E-state index in [0.717, 1.165) is 36.4 Å². The van der Waals surface area contributed by atoms with E-state index in [1.54, 1.807) is 6.26 Å². The molecule has 2 aliphatic rings. The molecule has 0 radical (unpaired) electrons. The number of anilines is 1. The van der Waals surface area contributed by atoms with Crippen LogP contribution in [0.4, 0.5) is 5.82 Å². The standard InChI is InChI=1S/C14H17N3O/c1-2-12-10-17(8-7-16(12)6-1)14-13-11(3-5-15-14)4-9-18-13/h3-5,9,12H,1-2,6-8,10H2/t12-/m0/s1. The van der Waals surface area contributed by atoms with Gasteiger partial charge in [-0.2, -0.15) is 0 Å². The van der Waals surface area contributed by atoms with Gasteiger partial charge in [0.25, 0.3) is 0 Å². The van der Waals surface area contributed by atoms with Crippen molar-refractivity contribution >= 4 is 16.8 Å². The topological polar surface area (TPSA) is 32.5 Å². The summed E-state index contributed by atoms with van der Waals surface area (Å²) in [5, 5.41) is 1.15. The average Bonchev–Trinajstić information content (AvgIpc) is 3.05. The first-order valence-electron chi connectivity index (χ1n) is 6.73. The zero-order valence-corrected chi connectivity index (χ0v) is 10.4. The van der Waals surface area contributed by atoms with Crippen molar-refractivity contribution in [3.05, 3.63) is 24.6 Å². The number of piperazine rings is 1. The third kappa shape index (κ3) is 1.52. The molecule has 2 aromatic heterocycles. The Bertz CT molecular complexity index is 565. The van der Waals surface area contributed by atoms with Crippen LogP contribution in [-0.4, -0.2) is 42.1 Å². The Balaban J connectivity index is 1.68. The van der Waals surface area contributed by atoms with E-state index < -0.39 is 0 Å². The van der Waals surface area contributed by atoms with Gasteiger partial charge in [0.2, 0.25) is 0 Å². The molecule has 18 heavy (non-hydrogen) atoms. The van der Waals surface area contributed by atoms with E-state index in [0.29, 0.717) is 6.04 Å². The van der Waals surface area contributed by atoms with Crippen LogP contribution >= 0.6 is 0 Å². The van der Waals surface area contributed by atoms with Gasteiger partial charge in [-0.1, -0.05) is 0 Å². The lowest BCUT2D eigenvalue weighted by Crippen LogP contribution is -2.50. The summed E-state index contributed by atoms with van der Waals surface area (Å²) in [5.74, 6) is 1.02. The Morgan fingerprint density at radius 1 is 1.22 bits per heavy atom. The van der Waals surface area contributed by atoms with Crippen LogP contribution in [0.3, 0.4) is 0 Å². The Morgan fingerprint density at radius 3 is 3.22 bits per heavy atom. The van der Waals surface area contributed by atoms with Crippen molar-refractivity contribution in [2.45, 2.75) is 18.9 Å². The molecule has 94 valence electrons. The van der Waals surface area contributed by atoms with E-state index in [9.17, 15) is 0 Å². The minimum Gasteiger partial charge on any atom is -0.460 e. The van der Waals surface area contributed by atoms with E-state index in [4.69, 9.17) is 4.42 Å². The van der Waals surface area contributed by atoms with E-state index in [1.165, 1.54) is 19.4 Å². The highest BCUT2D eigenvalue weighted by molar-refractivity contribution is 5.87. The van der Waals surface area contributed by atoms with Crippen molar-refractivity contribution in [1.29, 1.82) is 0 Å². The van der Waals surface area contributed by atoms with Gasteiger partial charge in [0.05, 0.1) is 6.26 Å². The third-order valence-electron chi connectivity index (χ3n) is 4.24. The summed E-state index contributed by atoms with van der Waals surface area (Å²) in [6, 6.07) is 4.73. The lowest BCUT2D eigenvalue weighted by Gasteiger charge is -2.38. The predicted octanol–water partition coefficient (Wildman–Crippen LogP) is 2.11. The first-order chi connectivity index (χ1) is 8.92. The molecule has 0 N–H and O–H groups in total. The Labute approximate surface area is 106 Å². The molecule has 4 nitrogen and oxygen atoms in total. The van der Waals surface area contributed by atoms with E-state index in [-0.39, 0.29) is 0 Å². The predicted molar refractivity (Wildman–Crippen MR) is 70.8 cm³/mol. The minimum atomic E-state index is 0.714. The van der Waals surface area contributed by atoms with Gasteiger partial charge < -0.3 is 9.32 Å². The van der Waals surface area contributed by atoms with Gasteiger partial charge >= 0.3 is 0 Å². The van der Waals surface area contributed by atoms with Gasteiger partial charge in [0.1, 0.15) is 0 Å².